The van der Waals surface area contributed by atoms with Gasteiger partial charge in [-0.3, -0.25) is 0 Å². The summed E-state index contributed by atoms with van der Waals surface area (Å²) in [4.78, 5) is 24.4. The van der Waals surface area contributed by atoms with E-state index in [0.29, 0.717) is 23.3 Å². The molecule has 0 N–H and O–H groups in total. The summed E-state index contributed by atoms with van der Waals surface area (Å²) in [6, 6.07) is 11.9. The normalized spacial score (nSPS) is 10.8. The van der Waals surface area contributed by atoms with Gasteiger partial charge in [-0.15, -0.1) is 0 Å². The number of halogens is 6. The molecule has 188 valence electrons. The highest BCUT2D eigenvalue weighted by atomic mass is 19.2. The van der Waals surface area contributed by atoms with Crippen LogP contribution in [0.1, 0.15) is 31.8 Å². The van der Waals surface area contributed by atoms with E-state index in [1.165, 1.54) is 12.1 Å². The summed E-state index contributed by atoms with van der Waals surface area (Å²) in [7, 11) is 0. The van der Waals surface area contributed by atoms with Crippen molar-refractivity contribution in [3.63, 3.8) is 0 Å². The van der Waals surface area contributed by atoms with Gasteiger partial charge < -0.3 is 9.47 Å². The summed E-state index contributed by atoms with van der Waals surface area (Å²) in [6.07, 6.45) is 0.0187. The SMILES string of the molecule is O=C(Oc1ccc(F)c(F)c1)c1ccc(Cc2ccc(C(=O)Oc3ccc(F)c(F)c3)c(F)c2)cc1F. The van der Waals surface area contributed by atoms with Crippen LogP contribution in [0.15, 0.2) is 72.8 Å². The number of benzene rings is 4. The molecule has 0 radical (unpaired) electrons. The van der Waals surface area contributed by atoms with Crippen molar-refractivity contribution in [1.29, 1.82) is 0 Å². The molecule has 0 bridgehead atoms. The Labute approximate surface area is 205 Å². The maximum atomic E-state index is 14.5. The van der Waals surface area contributed by atoms with Crippen molar-refractivity contribution in [3.8, 4) is 11.5 Å². The second kappa shape index (κ2) is 10.6. The fourth-order valence-corrected chi connectivity index (χ4v) is 3.31. The summed E-state index contributed by atoms with van der Waals surface area (Å²) in [5, 5.41) is 0. The molecule has 4 aromatic rings. The Balaban J connectivity index is 1.44. The fourth-order valence-electron chi connectivity index (χ4n) is 3.31. The van der Waals surface area contributed by atoms with E-state index in [-0.39, 0.29) is 17.9 Å². The number of esters is 2. The average molecular weight is 516 g/mol. The van der Waals surface area contributed by atoms with Crippen molar-refractivity contribution in [2.24, 2.45) is 0 Å². The van der Waals surface area contributed by atoms with Crippen LogP contribution in [0.5, 0.6) is 11.5 Å². The van der Waals surface area contributed by atoms with Gasteiger partial charge in [0.15, 0.2) is 23.3 Å². The molecule has 0 amide bonds. The van der Waals surface area contributed by atoms with Crippen LogP contribution in [-0.4, -0.2) is 11.9 Å². The van der Waals surface area contributed by atoms with E-state index in [4.69, 9.17) is 9.47 Å². The van der Waals surface area contributed by atoms with Crippen molar-refractivity contribution in [2.45, 2.75) is 6.42 Å². The standard InChI is InChI=1S/C27H14F6O4/c28-20-7-3-16(12-24(20)32)36-26(34)18-5-1-14(10-22(18)30)9-15-2-6-19(23(31)11-15)27(35)37-17-4-8-21(29)25(33)13-17/h1-8,10-13H,9H2. The van der Waals surface area contributed by atoms with Crippen LogP contribution in [0.25, 0.3) is 0 Å². The van der Waals surface area contributed by atoms with Gasteiger partial charge in [-0.25, -0.2) is 35.9 Å². The molecule has 0 atom stereocenters. The van der Waals surface area contributed by atoms with E-state index in [2.05, 4.69) is 0 Å². The minimum Gasteiger partial charge on any atom is -0.423 e. The van der Waals surface area contributed by atoms with Crippen LogP contribution in [0.2, 0.25) is 0 Å². The molecular formula is C27H14F6O4. The maximum Gasteiger partial charge on any atom is 0.346 e. The molecule has 0 unspecified atom stereocenters. The lowest BCUT2D eigenvalue weighted by Crippen LogP contribution is -2.12. The smallest absolute Gasteiger partial charge is 0.346 e. The van der Waals surface area contributed by atoms with E-state index >= 15 is 0 Å². The third kappa shape index (κ3) is 5.97. The van der Waals surface area contributed by atoms with Crippen molar-refractivity contribution in [1.82, 2.24) is 0 Å². The van der Waals surface area contributed by atoms with Gasteiger partial charge >= 0.3 is 11.9 Å². The first-order chi connectivity index (χ1) is 17.6. The molecule has 0 aliphatic heterocycles. The number of ether oxygens (including phenoxy) is 2. The van der Waals surface area contributed by atoms with Crippen molar-refractivity contribution >= 4 is 11.9 Å². The first-order valence-electron chi connectivity index (χ1n) is 10.5. The number of carbonyl (C=O) groups excluding carboxylic acids is 2. The third-order valence-corrected chi connectivity index (χ3v) is 5.12. The molecule has 4 rings (SSSR count). The minimum absolute atomic E-state index is 0.0187. The maximum absolute atomic E-state index is 14.5. The predicted molar refractivity (Wildman–Crippen MR) is 118 cm³/mol. The zero-order valence-electron chi connectivity index (χ0n) is 18.5. The number of hydrogen-bond acceptors (Lipinski definition) is 4. The number of carbonyl (C=O) groups is 2. The summed E-state index contributed by atoms with van der Waals surface area (Å²) in [6.45, 7) is 0. The third-order valence-electron chi connectivity index (χ3n) is 5.12. The summed E-state index contributed by atoms with van der Waals surface area (Å²) in [5.41, 5.74) is -0.234. The predicted octanol–water partition coefficient (Wildman–Crippen LogP) is 6.55. The summed E-state index contributed by atoms with van der Waals surface area (Å²) in [5.74, 6) is -9.57. The molecule has 0 saturated heterocycles. The molecule has 0 aromatic heterocycles. The lowest BCUT2D eigenvalue weighted by Gasteiger charge is -2.09. The van der Waals surface area contributed by atoms with Gasteiger partial charge in [0.25, 0.3) is 0 Å². The molecule has 0 spiro atoms. The van der Waals surface area contributed by atoms with Crippen molar-refractivity contribution < 1.29 is 45.4 Å². The molecule has 37 heavy (non-hydrogen) atoms. The van der Waals surface area contributed by atoms with E-state index in [1.54, 1.807) is 0 Å². The Morgan fingerprint density at radius 3 is 1.24 bits per heavy atom. The van der Waals surface area contributed by atoms with Gasteiger partial charge in [0.05, 0.1) is 11.1 Å². The second-order valence-electron chi connectivity index (χ2n) is 7.74. The molecule has 0 fully saturated rings. The highest BCUT2D eigenvalue weighted by Gasteiger charge is 2.18. The number of rotatable bonds is 6. The van der Waals surface area contributed by atoms with Gasteiger partial charge in [0.1, 0.15) is 23.1 Å². The molecule has 0 heterocycles. The average Bonchev–Trinajstić information content (AvgIpc) is 2.84. The lowest BCUT2D eigenvalue weighted by atomic mass is 10.0. The lowest BCUT2D eigenvalue weighted by molar-refractivity contribution is 0.0719. The Morgan fingerprint density at radius 1 is 0.486 bits per heavy atom. The van der Waals surface area contributed by atoms with Gasteiger partial charge in [-0.05, 0) is 66.1 Å². The largest absolute Gasteiger partial charge is 0.423 e. The zero-order valence-corrected chi connectivity index (χ0v) is 18.5. The van der Waals surface area contributed by atoms with Gasteiger partial charge in [0, 0.05) is 12.1 Å². The Bertz CT molecular complexity index is 1410. The Morgan fingerprint density at radius 2 is 0.892 bits per heavy atom. The van der Waals surface area contributed by atoms with Crippen molar-refractivity contribution in [2.75, 3.05) is 0 Å². The fraction of sp³-hybridized carbons (Fsp3) is 0.0370. The molecular weight excluding hydrogens is 502 g/mol. The molecule has 10 heteroatoms. The van der Waals surface area contributed by atoms with Crippen LogP contribution >= 0.6 is 0 Å². The van der Waals surface area contributed by atoms with Gasteiger partial charge in [-0.2, -0.15) is 0 Å². The first kappa shape index (κ1) is 25.5. The van der Waals surface area contributed by atoms with Crippen molar-refractivity contribution in [3.05, 3.63) is 130 Å². The van der Waals surface area contributed by atoms with Crippen LogP contribution in [0.3, 0.4) is 0 Å². The molecule has 4 aromatic carbocycles. The van der Waals surface area contributed by atoms with E-state index in [0.717, 1.165) is 48.5 Å². The first-order valence-corrected chi connectivity index (χ1v) is 10.5. The molecule has 0 aliphatic carbocycles. The van der Waals surface area contributed by atoms with Crippen LogP contribution in [0.4, 0.5) is 26.3 Å². The summed E-state index contributed by atoms with van der Waals surface area (Å²) < 4.78 is 91.4. The highest BCUT2D eigenvalue weighted by molar-refractivity contribution is 5.92. The summed E-state index contributed by atoms with van der Waals surface area (Å²) >= 11 is 0. The van der Waals surface area contributed by atoms with Gasteiger partial charge in [-0.1, -0.05) is 12.1 Å². The molecule has 0 aliphatic rings. The van der Waals surface area contributed by atoms with E-state index < -0.39 is 58.0 Å². The monoisotopic (exact) mass is 516 g/mol. The second-order valence-corrected chi connectivity index (χ2v) is 7.74. The topological polar surface area (TPSA) is 52.6 Å². The quantitative estimate of drug-likeness (QED) is 0.166. The van der Waals surface area contributed by atoms with Crippen LogP contribution in [-0.2, 0) is 6.42 Å². The van der Waals surface area contributed by atoms with E-state index in [9.17, 15) is 35.9 Å². The Hall–Kier alpha value is -4.60. The number of hydrogen-bond donors (Lipinski definition) is 0. The molecule has 0 saturated carbocycles. The van der Waals surface area contributed by atoms with E-state index in [1.807, 2.05) is 0 Å². The minimum atomic E-state index is -1.24. The molecule has 4 nitrogen and oxygen atoms in total. The zero-order chi connectivity index (χ0) is 26.7. The highest BCUT2D eigenvalue weighted by Crippen LogP contribution is 2.22. The van der Waals surface area contributed by atoms with Gasteiger partial charge in [0.2, 0.25) is 0 Å². The van der Waals surface area contributed by atoms with Crippen LogP contribution < -0.4 is 9.47 Å². The van der Waals surface area contributed by atoms with Crippen LogP contribution in [0, 0.1) is 34.9 Å². The Kier molecular flexibility index (Phi) is 7.28.